The quantitative estimate of drug-likeness (QED) is 0.851. The first kappa shape index (κ1) is 16.0. The average molecular weight is 354 g/mol. The second-order valence-electron chi connectivity index (χ2n) is 6.17. The lowest BCUT2D eigenvalue weighted by Crippen LogP contribution is -2.42. The maximum absolute atomic E-state index is 13.1. The topological polar surface area (TPSA) is 58.6 Å². The van der Waals surface area contributed by atoms with Crippen molar-refractivity contribution in [2.45, 2.75) is 24.3 Å². The summed E-state index contributed by atoms with van der Waals surface area (Å²) in [6, 6.07) is 13.1. The SMILES string of the molecule is C[C@@H]1CN(C(=O)c2ccc3c(c2)NC(=O)CCS3)c2ccccc2O1. The molecule has 0 aliphatic carbocycles. The van der Waals surface area contributed by atoms with Crippen molar-refractivity contribution in [1.29, 1.82) is 0 Å². The van der Waals surface area contributed by atoms with E-state index < -0.39 is 0 Å². The number of hydrogen-bond acceptors (Lipinski definition) is 4. The molecular weight excluding hydrogens is 336 g/mol. The Kier molecular flexibility index (Phi) is 4.13. The molecule has 5 nitrogen and oxygen atoms in total. The number of amides is 2. The molecule has 0 fully saturated rings. The van der Waals surface area contributed by atoms with E-state index in [1.807, 2.05) is 43.3 Å². The summed E-state index contributed by atoms with van der Waals surface area (Å²) in [6.45, 7) is 2.44. The zero-order valence-electron chi connectivity index (χ0n) is 13.8. The van der Waals surface area contributed by atoms with Crippen LogP contribution in [0.3, 0.4) is 0 Å². The standard InChI is InChI=1S/C19H18N2O3S/c1-12-11-21(15-4-2-3-5-16(15)24-12)19(23)13-6-7-17-14(10-13)20-18(22)8-9-25-17/h2-7,10,12H,8-9,11H2,1H3,(H,20,22)/t12-/m1/s1. The van der Waals surface area contributed by atoms with Gasteiger partial charge in [-0.1, -0.05) is 12.1 Å². The number of para-hydroxylation sites is 2. The molecule has 0 saturated carbocycles. The Morgan fingerprint density at radius 2 is 2.12 bits per heavy atom. The van der Waals surface area contributed by atoms with Crippen LogP contribution in [-0.2, 0) is 4.79 Å². The molecule has 25 heavy (non-hydrogen) atoms. The molecule has 2 aliphatic rings. The normalized spacial score (nSPS) is 19.2. The van der Waals surface area contributed by atoms with Crippen LogP contribution >= 0.6 is 11.8 Å². The molecule has 2 aromatic carbocycles. The van der Waals surface area contributed by atoms with Crippen LogP contribution in [0, 0.1) is 0 Å². The van der Waals surface area contributed by atoms with Gasteiger partial charge in [0.05, 0.1) is 17.9 Å². The van der Waals surface area contributed by atoms with Crippen LogP contribution < -0.4 is 15.0 Å². The van der Waals surface area contributed by atoms with Crippen LogP contribution in [-0.4, -0.2) is 30.2 Å². The van der Waals surface area contributed by atoms with Crippen molar-refractivity contribution in [3.05, 3.63) is 48.0 Å². The maximum Gasteiger partial charge on any atom is 0.258 e. The highest BCUT2D eigenvalue weighted by Gasteiger charge is 2.28. The summed E-state index contributed by atoms with van der Waals surface area (Å²) in [5.74, 6) is 1.36. The second-order valence-corrected chi connectivity index (χ2v) is 7.31. The Balaban J connectivity index is 1.69. The van der Waals surface area contributed by atoms with Gasteiger partial charge in [-0.25, -0.2) is 0 Å². The second kappa shape index (κ2) is 6.44. The van der Waals surface area contributed by atoms with Gasteiger partial charge in [0.2, 0.25) is 5.91 Å². The Morgan fingerprint density at radius 3 is 3.00 bits per heavy atom. The van der Waals surface area contributed by atoms with E-state index in [0.29, 0.717) is 30.0 Å². The van der Waals surface area contributed by atoms with Gasteiger partial charge in [0.25, 0.3) is 5.91 Å². The van der Waals surface area contributed by atoms with E-state index in [2.05, 4.69) is 5.32 Å². The van der Waals surface area contributed by atoms with Crippen molar-refractivity contribution < 1.29 is 14.3 Å². The van der Waals surface area contributed by atoms with Gasteiger partial charge < -0.3 is 15.0 Å². The van der Waals surface area contributed by atoms with Crippen molar-refractivity contribution in [2.75, 3.05) is 22.5 Å². The summed E-state index contributed by atoms with van der Waals surface area (Å²) < 4.78 is 5.81. The third-order valence-electron chi connectivity index (χ3n) is 4.26. The van der Waals surface area contributed by atoms with E-state index in [9.17, 15) is 9.59 Å². The van der Waals surface area contributed by atoms with E-state index in [1.165, 1.54) is 0 Å². The Morgan fingerprint density at radius 1 is 1.28 bits per heavy atom. The molecule has 0 saturated heterocycles. The van der Waals surface area contributed by atoms with Crippen LogP contribution in [0.4, 0.5) is 11.4 Å². The van der Waals surface area contributed by atoms with E-state index >= 15 is 0 Å². The highest BCUT2D eigenvalue weighted by molar-refractivity contribution is 7.99. The first-order valence-corrected chi connectivity index (χ1v) is 9.24. The first-order valence-electron chi connectivity index (χ1n) is 8.26. The summed E-state index contributed by atoms with van der Waals surface area (Å²) in [5, 5.41) is 2.89. The summed E-state index contributed by atoms with van der Waals surface area (Å²) in [4.78, 5) is 27.7. The van der Waals surface area contributed by atoms with Gasteiger partial charge in [-0.3, -0.25) is 9.59 Å². The molecule has 2 heterocycles. The highest BCUT2D eigenvalue weighted by atomic mass is 32.2. The third-order valence-corrected chi connectivity index (χ3v) is 5.33. The Bertz CT molecular complexity index is 852. The molecule has 0 bridgehead atoms. The van der Waals surface area contributed by atoms with Gasteiger partial charge in [-0.2, -0.15) is 0 Å². The van der Waals surface area contributed by atoms with Gasteiger partial charge in [-0.05, 0) is 37.3 Å². The van der Waals surface area contributed by atoms with Crippen molar-refractivity contribution in [2.24, 2.45) is 0 Å². The molecule has 4 rings (SSSR count). The largest absolute Gasteiger partial charge is 0.487 e. The number of benzene rings is 2. The van der Waals surface area contributed by atoms with Gasteiger partial charge >= 0.3 is 0 Å². The lowest BCUT2D eigenvalue weighted by atomic mass is 10.1. The molecule has 0 unspecified atom stereocenters. The number of fused-ring (bicyclic) bond motifs is 2. The van der Waals surface area contributed by atoms with Gasteiger partial charge in [0, 0.05) is 22.6 Å². The van der Waals surface area contributed by atoms with Crippen LogP contribution in [0.15, 0.2) is 47.4 Å². The van der Waals surface area contributed by atoms with E-state index in [1.54, 1.807) is 22.7 Å². The zero-order valence-corrected chi connectivity index (χ0v) is 14.6. The summed E-state index contributed by atoms with van der Waals surface area (Å²) >= 11 is 1.63. The monoisotopic (exact) mass is 354 g/mol. The van der Waals surface area contributed by atoms with Crippen LogP contribution in [0.5, 0.6) is 5.75 Å². The van der Waals surface area contributed by atoms with E-state index in [4.69, 9.17) is 4.74 Å². The number of anilines is 2. The number of nitrogens with zero attached hydrogens (tertiary/aromatic N) is 1. The molecule has 0 spiro atoms. The smallest absolute Gasteiger partial charge is 0.258 e. The number of carbonyl (C=O) groups excluding carboxylic acids is 2. The minimum atomic E-state index is -0.0890. The minimum Gasteiger partial charge on any atom is -0.487 e. The average Bonchev–Trinajstić information content (AvgIpc) is 2.80. The molecule has 2 aliphatic heterocycles. The van der Waals surface area contributed by atoms with Gasteiger partial charge in [0.15, 0.2) is 0 Å². The van der Waals surface area contributed by atoms with Crippen LogP contribution in [0.25, 0.3) is 0 Å². The molecule has 1 N–H and O–H groups in total. The van der Waals surface area contributed by atoms with Crippen LogP contribution in [0.2, 0.25) is 0 Å². The lowest BCUT2D eigenvalue weighted by Gasteiger charge is -2.33. The number of carbonyl (C=O) groups is 2. The maximum atomic E-state index is 13.1. The van der Waals surface area contributed by atoms with Crippen molar-refractivity contribution in [1.82, 2.24) is 0 Å². The summed E-state index contributed by atoms with van der Waals surface area (Å²) in [5.41, 5.74) is 2.05. The predicted octanol–water partition coefficient (Wildman–Crippen LogP) is 3.55. The van der Waals surface area contributed by atoms with Gasteiger partial charge in [-0.15, -0.1) is 11.8 Å². The molecule has 2 amide bonds. The highest BCUT2D eigenvalue weighted by Crippen LogP contribution is 2.35. The first-order chi connectivity index (χ1) is 12.1. The molecule has 128 valence electrons. The Hall–Kier alpha value is -2.47. The van der Waals surface area contributed by atoms with Crippen molar-refractivity contribution in [3.8, 4) is 5.75 Å². The van der Waals surface area contributed by atoms with Crippen molar-refractivity contribution in [3.63, 3.8) is 0 Å². The number of hydrogen-bond donors (Lipinski definition) is 1. The lowest BCUT2D eigenvalue weighted by molar-refractivity contribution is -0.115. The van der Waals surface area contributed by atoms with Gasteiger partial charge in [0.1, 0.15) is 11.9 Å². The molecule has 6 heteroatoms. The van der Waals surface area contributed by atoms with Crippen molar-refractivity contribution >= 4 is 35.0 Å². The zero-order chi connectivity index (χ0) is 17.4. The number of thioether (sulfide) groups is 1. The van der Waals surface area contributed by atoms with E-state index in [-0.39, 0.29) is 17.9 Å². The van der Waals surface area contributed by atoms with E-state index in [0.717, 1.165) is 16.3 Å². The number of rotatable bonds is 1. The summed E-state index contributed by atoms with van der Waals surface area (Å²) in [6.07, 6.45) is 0.409. The molecule has 0 aromatic heterocycles. The summed E-state index contributed by atoms with van der Waals surface area (Å²) in [7, 11) is 0. The fraction of sp³-hybridized carbons (Fsp3) is 0.263. The molecule has 0 radical (unpaired) electrons. The third kappa shape index (κ3) is 3.09. The number of nitrogens with one attached hydrogen (secondary N) is 1. The molecule has 2 aromatic rings. The fourth-order valence-electron chi connectivity index (χ4n) is 3.09. The molecular formula is C19H18N2O3S. The van der Waals surface area contributed by atoms with Crippen LogP contribution in [0.1, 0.15) is 23.7 Å². The molecule has 1 atom stereocenters. The fourth-order valence-corrected chi connectivity index (χ4v) is 4.03. The minimum absolute atomic E-state index is 0.0128. The predicted molar refractivity (Wildman–Crippen MR) is 98.6 cm³/mol. The Labute approximate surface area is 150 Å². The number of ether oxygens (including phenoxy) is 1.